The molecule has 0 amide bonds. The second kappa shape index (κ2) is 13.0. The number of aliphatic imine (C=N–C) groups is 1. The van der Waals surface area contributed by atoms with Crippen molar-refractivity contribution in [3.8, 4) is 5.75 Å². The normalized spacial score (nSPS) is 11.9. The zero-order chi connectivity index (χ0) is 19.6. The maximum absolute atomic E-state index is 12.4. The molecular weight excluding hydrogens is 472 g/mol. The van der Waals surface area contributed by atoms with Crippen LogP contribution in [0.4, 0.5) is 13.2 Å². The lowest BCUT2D eigenvalue weighted by Gasteiger charge is -2.15. The standard InChI is InChI=1S/C18H29F3N4O.HI/c1-5-22-17(23-9-6-10-25(3)4)24-12-15-8-7-14(2)11-16(15)26-13-18(19,20)21;/h7-8,11H,5-6,9-10,12-13H2,1-4H3,(H2,22,23,24);1H. The number of ether oxygens (including phenoxy) is 1. The van der Waals surface area contributed by atoms with Crippen LogP contribution in [-0.2, 0) is 6.54 Å². The Balaban J connectivity index is 0.00000676. The highest BCUT2D eigenvalue weighted by Gasteiger charge is 2.28. The third-order valence-corrected chi connectivity index (χ3v) is 3.44. The predicted molar refractivity (Wildman–Crippen MR) is 114 cm³/mol. The van der Waals surface area contributed by atoms with Crippen molar-refractivity contribution in [2.75, 3.05) is 40.3 Å². The Labute approximate surface area is 176 Å². The van der Waals surface area contributed by atoms with Crippen molar-refractivity contribution < 1.29 is 17.9 Å². The van der Waals surface area contributed by atoms with E-state index in [-0.39, 0.29) is 36.3 Å². The molecule has 0 bridgehead atoms. The number of hydrogen-bond donors (Lipinski definition) is 2. The van der Waals surface area contributed by atoms with Crippen molar-refractivity contribution >= 4 is 29.9 Å². The lowest BCUT2D eigenvalue weighted by atomic mass is 10.1. The fourth-order valence-electron chi connectivity index (χ4n) is 2.19. The first-order valence-electron chi connectivity index (χ1n) is 8.67. The molecule has 0 aromatic heterocycles. The van der Waals surface area contributed by atoms with E-state index in [2.05, 4.69) is 20.5 Å². The van der Waals surface area contributed by atoms with Gasteiger partial charge < -0.3 is 20.3 Å². The maximum atomic E-state index is 12.4. The van der Waals surface area contributed by atoms with Gasteiger partial charge in [-0.25, -0.2) is 4.99 Å². The Hall–Kier alpha value is -1.23. The minimum atomic E-state index is -4.37. The molecule has 0 fully saturated rings. The SMILES string of the molecule is CCNC(=NCc1ccc(C)cc1OCC(F)(F)F)NCCCN(C)C.I. The van der Waals surface area contributed by atoms with Crippen LogP contribution >= 0.6 is 24.0 Å². The van der Waals surface area contributed by atoms with Crippen molar-refractivity contribution in [2.24, 2.45) is 4.99 Å². The molecular formula is C18H30F3IN4O. The van der Waals surface area contributed by atoms with Crippen molar-refractivity contribution in [1.82, 2.24) is 15.5 Å². The number of alkyl halides is 3. The van der Waals surface area contributed by atoms with Crippen LogP contribution in [0.15, 0.2) is 23.2 Å². The average molecular weight is 502 g/mol. The van der Waals surface area contributed by atoms with E-state index < -0.39 is 12.8 Å². The number of rotatable bonds is 9. The Morgan fingerprint density at radius 3 is 2.52 bits per heavy atom. The second-order valence-corrected chi connectivity index (χ2v) is 6.29. The van der Waals surface area contributed by atoms with Gasteiger partial charge in [0.1, 0.15) is 5.75 Å². The molecule has 0 atom stereocenters. The third kappa shape index (κ3) is 12.0. The Bertz CT molecular complexity index is 580. The minimum absolute atomic E-state index is 0. The van der Waals surface area contributed by atoms with Crippen LogP contribution < -0.4 is 15.4 Å². The zero-order valence-corrected chi connectivity index (χ0v) is 18.6. The van der Waals surface area contributed by atoms with Gasteiger partial charge in [0.25, 0.3) is 0 Å². The number of aryl methyl sites for hydroxylation is 1. The molecule has 1 aromatic carbocycles. The summed E-state index contributed by atoms with van der Waals surface area (Å²) < 4.78 is 42.3. The average Bonchev–Trinajstić information content (AvgIpc) is 2.54. The molecule has 0 saturated heterocycles. The van der Waals surface area contributed by atoms with E-state index in [1.54, 1.807) is 12.1 Å². The molecule has 0 aliphatic heterocycles. The van der Waals surface area contributed by atoms with Crippen LogP contribution in [0.1, 0.15) is 24.5 Å². The summed E-state index contributed by atoms with van der Waals surface area (Å²) in [6.07, 6.45) is -3.41. The van der Waals surface area contributed by atoms with Crippen LogP contribution in [0.2, 0.25) is 0 Å². The van der Waals surface area contributed by atoms with Crippen LogP contribution in [0.3, 0.4) is 0 Å². The summed E-state index contributed by atoms with van der Waals surface area (Å²) in [4.78, 5) is 6.55. The van der Waals surface area contributed by atoms with Gasteiger partial charge in [-0.1, -0.05) is 12.1 Å². The highest BCUT2D eigenvalue weighted by Crippen LogP contribution is 2.24. The molecule has 0 saturated carbocycles. The lowest BCUT2D eigenvalue weighted by molar-refractivity contribution is -0.153. The number of hydrogen-bond acceptors (Lipinski definition) is 3. The van der Waals surface area contributed by atoms with Crippen molar-refractivity contribution in [2.45, 2.75) is 33.0 Å². The van der Waals surface area contributed by atoms with Crippen LogP contribution in [0.5, 0.6) is 5.75 Å². The summed E-state index contributed by atoms with van der Waals surface area (Å²) >= 11 is 0. The van der Waals surface area contributed by atoms with Crippen molar-refractivity contribution in [3.05, 3.63) is 29.3 Å². The highest BCUT2D eigenvalue weighted by molar-refractivity contribution is 14.0. The molecule has 0 radical (unpaired) electrons. The molecule has 0 heterocycles. The molecule has 5 nitrogen and oxygen atoms in total. The Kier molecular flexibility index (Phi) is 12.4. The molecule has 156 valence electrons. The summed E-state index contributed by atoms with van der Waals surface area (Å²) in [5, 5.41) is 6.36. The molecule has 0 unspecified atom stereocenters. The smallest absolute Gasteiger partial charge is 0.422 e. The van der Waals surface area contributed by atoms with E-state index in [0.29, 0.717) is 18.1 Å². The fraction of sp³-hybridized carbons (Fsp3) is 0.611. The molecule has 0 aliphatic rings. The lowest BCUT2D eigenvalue weighted by Crippen LogP contribution is -2.38. The molecule has 9 heteroatoms. The molecule has 1 aromatic rings. The third-order valence-electron chi connectivity index (χ3n) is 3.44. The van der Waals surface area contributed by atoms with E-state index >= 15 is 0 Å². The van der Waals surface area contributed by atoms with E-state index in [4.69, 9.17) is 4.74 Å². The van der Waals surface area contributed by atoms with E-state index in [9.17, 15) is 13.2 Å². The van der Waals surface area contributed by atoms with Crippen molar-refractivity contribution in [3.63, 3.8) is 0 Å². The van der Waals surface area contributed by atoms with Gasteiger partial charge in [-0.05, 0) is 52.5 Å². The Morgan fingerprint density at radius 1 is 1.22 bits per heavy atom. The number of nitrogens with zero attached hydrogens (tertiary/aromatic N) is 2. The summed E-state index contributed by atoms with van der Waals surface area (Å²) in [6.45, 7) is 5.11. The quantitative estimate of drug-likeness (QED) is 0.235. The monoisotopic (exact) mass is 502 g/mol. The largest absolute Gasteiger partial charge is 0.484 e. The number of nitrogens with one attached hydrogen (secondary N) is 2. The first kappa shape index (κ1) is 25.8. The summed E-state index contributed by atoms with van der Waals surface area (Å²) in [7, 11) is 4.03. The van der Waals surface area contributed by atoms with Crippen LogP contribution in [0, 0.1) is 6.92 Å². The molecule has 0 aliphatic carbocycles. The topological polar surface area (TPSA) is 48.9 Å². The van der Waals surface area contributed by atoms with Crippen molar-refractivity contribution in [1.29, 1.82) is 0 Å². The van der Waals surface area contributed by atoms with Gasteiger partial charge >= 0.3 is 6.18 Å². The van der Waals surface area contributed by atoms with Gasteiger partial charge in [0.15, 0.2) is 12.6 Å². The zero-order valence-electron chi connectivity index (χ0n) is 16.3. The predicted octanol–water partition coefficient (Wildman–Crippen LogP) is 3.56. The number of guanidine groups is 1. The first-order chi connectivity index (χ1) is 12.2. The Morgan fingerprint density at radius 2 is 1.93 bits per heavy atom. The van der Waals surface area contributed by atoms with E-state index in [0.717, 1.165) is 25.1 Å². The van der Waals surface area contributed by atoms with Crippen LogP contribution in [0.25, 0.3) is 0 Å². The van der Waals surface area contributed by atoms with E-state index in [1.807, 2.05) is 34.0 Å². The summed E-state index contributed by atoms with van der Waals surface area (Å²) in [5.74, 6) is 0.850. The number of benzene rings is 1. The van der Waals surface area contributed by atoms with Gasteiger partial charge in [-0.15, -0.1) is 24.0 Å². The van der Waals surface area contributed by atoms with E-state index in [1.165, 1.54) is 0 Å². The first-order valence-corrected chi connectivity index (χ1v) is 8.67. The number of halogens is 4. The summed E-state index contributed by atoms with van der Waals surface area (Å²) in [5.41, 5.74) is 1.45. The maximum Gasteiger partial charge on any atom is 0.422 e. The van der Waals surface area contributed by atoms with Gasteiger partial charge in [-0.3, -0.25) is 0 Å². The summed E-state index contributed by atoms with van der Waals surface area (Å²) in [6, 6.07) is 5.19. The highest BCUT2D eigenvalue weighted by atomic mass is 127. The van der Waals surface area contributed by atoms with Gasteiger partial charge in [-0.2, -0.15) is 13.2 Å². The second-order valence-electron chi connectivity index (χ2n) is 6.29. The molecule has 2 N–H and O–H groups in total. The van der Waals surface area contributed by atoms with Gasteiger partial charge in [0, 0.05) is 18.7 Å². The molecule has 27 heavy (non-hydrogen) atoms. The minimum Gasteiger partial charge on any atom is -0.484 e. The fourth-order valence-corrected chi connectivity index (χ4v) is 2.19. The van der Waals surface area contributed by atoms with Gasteiger partial charge in [0.2, 0.25) is 0 Å². The van der Waals surface area contributed by atoms with Crippen LogP contribution in [-0.4, -0.2) is 57.4 Å². The molecule has 0 spiro atoms. The van der Waals surface area contributed by atoms with Gasteiger partial charge in [0.05, 0.1) is 6.54 Å². The molecule has 1 rings (SSSR count).